The average Bonchev–Trinajstić information content (AvgIpc) is 2.96. The van der Waals surface area contributed by atoms with Gasteiger partial charge in [-0.3, -0.25) is 4.99 Å². The predicted octanol–water partition coefficient (Wildman–Crippen LogP) is 7.46. The highest BCUT2D eigenvalue weighted by molar-refractivity contribution is 6.06. The largest absolute Gasteiger partial charge is 0.338 e. The zero-order chi connectivity index (χ0) is 24.5. The summed E-state index contributed by atoms with van der Waals surface area (Å²) in [5.74, 6) is 0.884. The summed E-state index contributed by atoms with van der Waals surface area (Å²) < 4.78 is 0. The number of rotatable bonds is 5. The maximum absolute atomic E-state index is 5.30. The van der Waals surface area contributed by atoms with E-state index in [4.69, 9.17) is 9.98 Å². The third-order valence-electron chi connectivity index (χ3n) is 7.20. The van der Waals surface area contributed by atoms with Crippen molar-refractivity contribution in [1.29, 1.82) is 0 Å². The van der Waals surface area contributed by atoms with Gasteiger partial charge in [0, 0.05) is 11.1 Å². The maximum atomic E-state index is 5.30. The van der Waals surface area contributed by atoms with E-state index in [2.05, 4.69) is 104 Å². The number of hydrogen-bond donors (Lipinski definition) is 1. The zero-order valence-corrected chi connectivity index (χ0v) is 20.5. The number of amidine groups is 1. The van der Waals surface area contributed by atoms with Crippen LogP contribution in [-0.2, 0) is 6.42 Å². The molecule has 1 unspecified atom stereocenters. The molecule has 2 heterocycles. The molecule has 6 rings (SSSR count). The molecule has 1 N–H and O–H groups in total. The monoisotopic (exact) mass is 467 g/mol. The summed E-state index contributed by atoms with van der Waals surface area (Å²) in [6.45, 7) is 6.58. The number of pyridine rings is 1. The van der Waals surface area contributed by atoms with Gasteiger partial charge in [-0.25, -0.2) is 4.98 Å². The Balaban J connectivity index is 1.57. The van der Waals surface area contributed by atoms with Gasteiger partial charge in [0.05, 0.1) is 23.1 Å². The Bertz CT molecular complexity index is 1480. The third kappa shape index (κ3) is 3.97. The fourth-order valence-corrected chi connectivity index (χ4v) is 5.24. The molecular formula is C33H29N3. The van der Waals surface area contributed by atoms with Crippen LogP contribution in [-0.4, -0.2) is 16.9 Å². The van der Waals surface area contributed by atoms with Gasteiger partial charge in [0.2, 0.25) is 0 Å². The van der Waals surface area contributed by atoms with Gasteiger partial charge in [-0.05, 0) is 53.2 Å². The molecule has 4 aromatic rings. The molecular weight excluding hydrogens is 438 g/mol. The Morgan fingerprint density at radius 1 is 0.833 bits per heavy atom. The summed E-state index contributed by atoms with van der Waals surface area (Å²) in [4.78, 5) is 10.5. The molecule has 0 fully saturated rings. The van der Waals surface area contributed by atoms with Crippen molar-refractivity contribution >= 4 is 11.5 Å². The second kappa shape index (κ2) is 9.43. The summed E-state index contributed by atoms with van der Waals surface area (Å²) in [5.41, 5.74) is 11.5. The quantitative estimate of drug-likeness (QED) is 0.309. The van der Waals surface area contributed by atoms with E-state index in [0.29, 0.717) is 0 Å². The van der Waals surface area contributed by atoms with Crippen LogP contribution in [0.25, 0.3) is 28.1 Å². The van der Waals surface area contributed by atoms with Crippen molar-refractivity contribution in [1.82, 2.24) is 10.3 Å². The molecule has 0 saturated heterocycles. The van der Waals surface area contributed by atoms with Crippen LogP contribution in [0, 0.1) is 0 Å². The lowest BCUT2D eigenvalue weighted by Crippen LogP contribution is -2.36. The summed E-state index contributed by atoms with van der Waals surface area (Å²) >= 11 is 0. The molecule has 2 aliphatic rings. The minimum absolute atomic E-state index is 0.0306. The number of aromatic nitrogens is 1. The second-order valence-electron chi connectivity index (χ2n) is 9.40. The smallest absolute Gasteiger partial charge is 0.133 e. The molecule has 1 aliphatic carbocycles. The summed E-state index contributed by atoms with van der Waals surface area (Å²) in [6.07, 6.45) is 2.77. The van der Waals surface area contributed by atoms with E-state index in [1.807, 2.05) is 12.1 Å². The maximum Gasteiger partial charge on any atom is 0.133 e. The van der Waals surface area contributed by atoms with E-state index in [-0.39, 0.29) is 6.04 Å². The molecule has 1 aromatic heterocycles. The lowest BCUT2D eigenvalue weighted by atomic mass is 9.81. The van der Waals surface area contributed by atoms with Crippen molar-refractivity contribution in [2.45, 2.75) is 32.2 Å². The van der Waals surface area contributed by atoms with Crippen LogP contribution >= 0.6 is 0 Å². The first-order valence-electron chi connectivity index (χ1n) is 12.7. The highest BCUT2D eigenvalue weighted by Crippen LogP contribution is 2.41. The minimum Gasteiger partial charge on any atom is -0.338 e. The summed E-state index contributed by atoms with van der Waals surface area (Å²) in [5, 5.41) is 3.72. The highest BCUT2D eigenvalue weighted by atomic mass is 15.1. The number of benzene rings is 3. The van der Waals surface area contributed by atoms with Gasteiger partial charge in [0.25, 0.3) is 0 Å². The number of fused-ring (bicyclic) bond motifs is 2. The molecule has 176 valence electrons. The van der Waals surface area contributed by atoms with Crippen molar-refractivity contribution < 1.29 is 0 Å². The predicted molar refractivity (Wildman–Crippen MR) is 150 cm³/mol. The molecule has 3 heteroatoms. The summed E-state index contributed by atoms with van der Waals surface area (Å²) in [6, 6.07) is 33.7. The van der Waals surface area contributed by atoms with Gasteiger partial charge in [-0.1, -0.05) is 104 Å². The molecule has 3 aromatic carbocycles. The van der Waals surface area contributed by atoms with Gasteiger partial charge in [0.15, 0.2) is 0 Å². The molecule has 0 saturated carbocycles. The van der Waals surface area contributed by atoms with E-state index in [1.165, 1.54) is 22.3 Å². The first kappa shape index (κ1) is 22.2. The number of nitrogens with one attached hydrogen (secondary N) is 1. The Labute approximate surface area is 213 Å². The van der Waals surface area contributed by atoms with Gasteiger partial charge in [0.1, 0.15) is 5.84 Å². The van der Waals surface area contributed by atoms with Crippen LogP contribution < -0.4 is 5.32 Å². The molecule has 36 heavy (non-hydrogen) atoms. The average molecular weight is 468 g/mol. The minimum atomic E-state index is -0.0306. The molecule has 0 spiro atoms. The highest BCUT2D eigenvalue weighted by Gasteiger charge is 2.33. The SMILES string of the molecule is C=C(CC)C1N=C(c2ccccc2)NC2=C1CCc1c(-c3ccccc3)cc(-c3ccccc3)nc12. The van der Waals surface area contributed by atoms with Crippen LogP contribution in [0.15, 0.2) is 120 Å². The number of hydrogen-bond acceptors (Lipinski definition) is 3. The number of aliphatic imine (C=N–C) groups is 1. The molecule has 1 aliphatic heterocycles. The van der Waals surface area contributed by atoms with E-state index in [0.717, 1.165) is 58.9 Å². The van der Waals surface area contributed by atoms with Gasteiger partial charge >= 0.3 is 0 Å². The van der Waals surface area contributed by atoms with Crippen LogP contribution in [0.1, 0.15) is 36.6 Å². The summed E-state index contributed by atoms with van der Waals surface area (Å²) in [7, 11) is 0. The van der Waals surface area contributed by atoms with Crippen molar-refractivity contribution in [2.75, 3.05) is 0 Å². The fraction of sp³-hybridized carbons (Fsp3) is 0.152. The fourth-order valence-electron chi connectivity index (χ4n) is 5.24. The normalized spacial score (nSPS) is 16.5. The van der Waals surface area contributed by atoms with Crippen molar-refractivity contribution in [3.8, 4) is 22.4 Å². The van der Waals surface area contributed by atoms with Gasteiger partial charge in [-0.2, -0.15) is 0 Å². The van der Waals surface area contributed by atoms with Crippen LogP contribution in [0.5, 0.6) is 0 Å². The zero-order valence-electron chi connectivity index (χ0n) is 20.5. The molecule has 0 bridgehead atoms. The van der Waals surface area contributed by atoms with E-state index >= 15 is 0 Å². The molecule has 0 radical (unpaired) electrons. The molecule has 3 nitrogen and oxygen atoms in total. The van der Waals surface area contributed by atoms with Crippen LogP contribution in [0.3, 0.4) is 0 Å². The van der Waals surface area contributed by atoms with Crippen molar-refractivity contribution in [2.24, 2.45) is 4.99 Å². The Morgan fingerprint density at radius 2 is 1.44 bits per heavy atom. The van der Waals surface area contributed by atoms with E-state index < -0.39 is 0 Å². The molecule has 1 atom stereocenters. The Kier molecular flexibility index (Phi) is 5.82. The van der Waals surface area contributed by atoms with Gasteiger partial charge < -0.3 is 5.32 Å². The first-order chi connectivity index (χ1) is 17.7. The molecule has 0 amide bonds. The second-order valence-corrected chi connectivity index (χ2v) is 9.40. The topological polar surface area (TPSA) is 37.3 Å². The number of nitrogens with zero attached hydrogens (tertiary/aromatic N) is 2. The third-order valence-corrected chi connectivity index (χ3v) is 7.20. The van der Waals surface area contributed by atoms with Gasteiger partial charge in [-0.15, -0.1) is 0 Å². The van der Waals surface area contributed by atoms with E-state index in [1.54, 1.807) is 0 Å². The lowest BCUT2D eigenvalue weighted by molar-refractivity contribution is 0.742. The van der Waals surface area contributed by atoms with Crippen molar-refractivity contribution in [3.63, 3.8) is 0 Å². The Morgan fingerprint density at radius 3 is 2.08 bits per heavy atom. The lowest BCUT2D eigenvalue weighted by Gasteiger charge is -2.34. The van der Waals surface area contributed by atoms with E-state index in [9.17, 15) is 0 Å². The first-order valence-corrected chi connectivity index (χ1v) is 12.7. The standard InChI is InChI=1S/C33H29N3/c1-3-22(2)30-27-20-19-26-28(23-13-7-4-8-14-23)21-29(24-15-9-5-10-16-24)34-31(26)32(27)36-33(35-30)25-17-11-6-12-18-25/h4-18,21,30H,2-3,19-20H2,1H3,(H,35,36). The Hall–Kier alpha value is -4.24. The van der Waals surface area contributed by atoms with Crippen LogP contribution in [0.2, 0.25) is 0 Å². The van der Waals surface area contributed by atoms with Crippen LogP contribution in [0.4, 0.5) is 0 Å². The van der Waals surface area contributed by atoms with Crippen molar-refractivity contribution in [3.05, 3.63) is 132 Å².